The van der Waals surface area contributed by atoms with Gasteiger partial charge in [-0.3, -0.25) is 13.9 Å². The first kappa shape index (κ1) is 28.7. The Morgan fingerprint density at radius 2 is 1.69 bits per heavy atom. The van der Waals surface area contributed by atoms with Gasteiger partial charge in [0.25, 0.3) is 0 Å². The Kier molecular flexibility index (Phi) is 10.6. The summed E-state index contributed by atoms with van der Waals surface area (Å²) in [6.45, 7) is 8.44. The quantitative estimate of drug-likeness (QED) is 0.449. The molecule has 0 aliphatic rings. The van der Waals surface area contributed by atoms with Gasteiger partial charge in [0.1, 0.15) is 6.04 Å². The minimum absolute atomic E-state index is 0.0975. The number of carbonyl (C=O) groups excluding carboxylic acids is 2. The van der Waals surface area contributed by atoms with Crippen LogP contribution in [0.3, 0.4) is 0 Å². The van der Waals surface area contributed by atoms with Gasteiger partial charge in [-0.25, -0.2) is 8.42 Å². The minimum atomic E-state index is -3.58. The summed E-state index contributed by atoms with van der Waals surface area (Å²) in [6.07, 6.45) is 1.53. The summed E-state index contributed by atoms with van der Waals surface area (Å²) < 4.78 is 26.3. The van der Waals surface area contributed by atoms with E-state index in [4.69, 9.17) is 11.6 Å². The van der Waals surface area contributed by atoms with Gasteiger partial charge >= 0.3 is 0 Å². The van der Waals surface area contributed by atoms with E-state index >= 15 is 0 Å². The molecule has 2 aromatic rings. The summed E-state index contributed by atoms with van der Waals surface area (Å²) in [6, 6.07) is 13.9. The summed E-state index contributed by atoms with van der Waals surface area (Å²) in [5, 5.41) is 3.37. The predicted octanol–water partition coefficient (Wildman–Crippen LogP) is 4.38. The predicted molar refractivity (Wildman–Crippen MR) is 142 cm³/mol. The number of anilines is 1. The third-order valence-electron chi connectivity index (χ3n) is 5.71. The number of benzene rings is 2. The van der Waals surface area contributed by atoms with E-state index in [2.05, 4.69) is 5.32 Å². The highest BCUT2D eigenvalue weighted by atomic mass is 35.5. The highest BCUT2D eigenvalue weighted by Crippen LogP contribution is 2.28. The van der Waals surface area contributed by atoms with Crippen LogP contribution in [0.4, 0.5) is 5.69 Å². The lowest BCUT2D eigenvalue weighted by atomic mass is 10.1. The molecule has 1 atom stereocenters. The van der Waals surface area contributed by atoms with Crippen molar-refractivity contribution in [1.82, 2.24) is 10.2 Å². The number of rotatable bonds is 12. The van der Waals surface area contributed by atoms with Crippen LogP contribution in [0.15, 0.2) is 48.5 Å². The molecular formula is C26H36ClN3O4S. The van der Waals surface area contributed by atoms with Gasteiger partial charge in [-0.2, -0.15) is 0 Å². The Hall–Kier alpha value is -2.58. The zero-order valence-electron chi connectivity index (χ0n) is 21.1. The Balaban J connectivity index is 2.16. The lowest BCUT2D eigenvalue weighted by molar-refractivity contribution is -0.140. The van der Waals surface area contributed by atoms with E-state index in [0.717, 1.165) is 11.8 Å². The average molecular weight is 522 g/mol. The van der Waals surface area contributed by atoms with Crippen LogP contribution in [0.5, 0.6) is 0 Å². The first-order chi connectivity index (χ1) is 16.4. The maximum Gasteiger partial charge on any atom is 0.242 e. The monoisotopic (exact) mass is 521 g/mol. The molecule has 0 bridgehead atoms. The summed E-state index contributed by atoms with van der Waals surface area (Å²) in [5.74, 6) is -0.131. The molecule has 0 fully saturated rings. The Morgan fingerprint density at radius 1 is 1.03 bits per heavy atom. The van der Waals surface area contributed by atoms with E-state index in [-0.39, 0.29) is 24.8 Å². The van der Waals surface area contributed by atoms with Crippen LogP contribution >= 0.6 is 11.6 Å². The third kappa shape index (κ3) is 8.54. The van der Waals surface area contributed by atoms with E-state index in [9.17, 15) is 18.0 Å². The first-order valence-corrected chi connectivity index (χ1v) is 14.0. The smallest absolute Gasteiger partial charge is 0.242 e. The highest BCUT2D eigenvalue weighted by molar-refractivity contribution is 7.92. The van der Waals surface area contributed by atoms with Gasteiger partial charge in [0.2, 0.25) is 21.8 Å². The van der Waals surface area contributed by atoms with Gasteiger partial charge in [0, 0.05) is 31.1 Å². The van der Waals surface area contributed by atoms with E-state index in [1.54, 1.807) is 36.9 Å². The maximum atomic E-state index is 13.3. The average Bonchev–Trinajstić information content (AvgIpc) is 2.80. The van der Waals surface area contributed by atoms with Gasteiger partial charge in [0.15, 0.2) is 0 Å². The summed E-state index contributed by atoms with van der Waals surface area (Å²) in [7, 11) is -3.58. The summed E-state index contributed by atoms with van der Waals surface area (Å²) in [4.78, 5) is 27.6. The molecule has 0 aliphatic heterocycles. The van der Waals surface area contributed by atoms with E-state index in [1.165, 1.54) is 4.31 Å². The molecule has 35 heavy (non-hydrogen) atoms. The minimum Gasteiger partial charge on any atom is -0.354 e. The summed E-state index contributed by atoms with van der Waals surface area (Å²) in [5.41, 5.74) is 2.07. The standard InChI is InChI=1S/C26H36ClN3O4S/c1-19(2)17-28-26(32)21(4)29(18-22-11-7-6-8-12-22)25(31)15-10-16-30(35(5,33)34)24-14-9-13-23(27)20(24)3/h6-9,11-14,19,21H,10,15-18H2,1-5H3,(H,28,32)/t21-/m1/s1. The highest BCUT2D eigenvalue weighted by Gasteiger charge is 2.27. The van der Waals surface area contributed by atoms with Crippen molar-refractivity contribution in [3.63, 3.8) is 0 Å². The van der Waals surface area contributed by atoms with Gasteiger partial charge in [-0.15, -0.1) is 0 Å². The van der Waals surface area contributed by atoms with E-state index in [0.29, 0.717) is 41.7 Å². The molecule has 1 N–H and O–H groups in total. The zero-order valence-corrected chi connectivity index (χ0v) is 22.7. The molecule has 0 aromatic heterocycles. The number of hydrogen-bond donors (Lipinski definition) is 1. The van der Waals surface area contributed by atoms with Crippen molar-refractivity contribution in [2.45, 2.75) is 53.1 Å². The van der Waals surface area contributed by atoms with Crippen molar-refractivity contribution in [2.24, 2.45) is 5.92 Å². The molecule has 192 valence electrons. The number of hydrogen-bond acceptors (Lipinski definition) is 4. The second kappa shape index (κ2) is 12.9. The van der Waals surface area contributed by atoms with Crippen LogP contribution in [0.25, 0.3) is 0 Å². The van der Waals surface area contributed by atoms with Crippen molar-refractivity contribution in [2.75, 3.05) is 23.7 Å². The molecule has 0 radical (unpaired) electrons. The molecule has 0 saturated carbocycles. The molecule has 9 heteroatoms. The van der Waals surface area contributed by atoms with Crippen LogP contribution in [-0.2, 0) is 26.2 Å². The topological polar surface area (TPSA) is 86.8 Å². The van der Waals surface area contributed by atoms with Crippen LogP contribution in [0.1, 0.15) is 44.7 Å². The Bertz CT molecular complexity index is 1110. The fourth-order valence-electron chi connectivity index (χ4n) is 3.66. The van der Waals surface area contributed by atoms with E-state index in [1.807, 2.05) is 44.2 Å². The maximum absolute atomic E-state index is 13.3. The van der Waals surface area contributed by atoms with Crippen molar-refractivity contribution < 1.29 is 18.0 Å². The van der Waals surface area contributed by atoms with Crippen molar-refractivity contribution in [1.29, 1.82) is 0 Å². The number of carbonyl (C=O) groups is 2. The lowest BCUT2D eigenvalue weighted by Crippen LogP contribution is -2.48. The second-order valence-corrected chi connectivity index (χ2v) is 11.5. The van der Waals surface area contributed by atoms with Gasteiger partial charge in [-0.05, 0) is 49.4 Å². The molecule has 2 amide bonds. The van der Waals surface area contributed by atoms with Gasteiger partial charge in [-0.1, -0.05) is 61.8 Å². The molecule has 0 spiro atoms. The molecule has 0 unspecified atom stereocenters. The largest absolute Gasteiger partial charge is 0.354 e. The first-order valence-electron chi connectivity index (χ1n) is 11.8. The normalized spacial score (nSPS) is 12.3. The zero-order chi connectivity index (χ0) is 26.2. The molecule has 0 saturated heterocycles. The van der Waals surface area contributed by atoms with Crippen LogP contribution < -0.4 is 9.62 Å². The van der Waals surface area contributed by atoms with Crippen molar-refractivity contribution >= 4 is 39.1 Å². The molecule has 0 aliphatic carbocycles. The number of amides is 2. The van der Waals surface area contributed by atoms with Crippen LogP contribution in [-0.4, -0.2) is 50.5 Å². The number of nitrogens with one attached hydrogen (secondary N) is 1. The number of nitrogens with zero attached hydrogens (tertiary/aromatic N) is 2. The van der Waals surface area contributed by atoms with Crippen LogP contribution in [0.2, 0.25) is 5.02 Å². The summed E-state index contributed by atoms with van der Waals surface area (Å²) >= 11 is 6.20. The molecule has 2 aromatic carbocycles. The van der Waals surface area contributed by atoms with E-state index < -0.39 is 16.1 Å². The molecular weight excluding hydrogens is 486 g/mol. The molecule has 0 heterocycles. The number of sulfonamides is 1. The molecule has 2 rings (SSSR count). The Labute approximate surface area is 214 Å². The van der Waals surface area contributed by atoms with Crippen molar-refractivity contribution in [3.8, 4) is 0 Å². The van der Waals surface area contributed by atoms with Crippen molar-refractivity contribution in [3.05, 3.63) is 64.7 Å². The fourth-order valence-corrected chi connectivity index (χ4v) is 4.85. The Morgan fingerprint density at radius 3 is 2.29 bits per heavy atom. The second-order valence-electron chi connectivity index (χ2n) is 9.14. The molecule has 7 nitrogen and oxygen atoms in total. The van der Waals surface area contributed by atoms with Crippen LogP contribution in [0, 0.1) is 12.8 Å². The van der Waals surface area contributed by atoms with Gasteiger partial charge < -0.3 is 10.2 Å². The fraction of sp³-hybridized carbons (Fsp3) is 0.462. The third-order valence-corrected chi connectivity index (χ3v) is 7.30. The number of halogens is 1. The SMILES string of the molecule is Cc1c(Cl)cccc1N(CCCC(=O)N(Cc1ccccc1)[C@H](C)C(=O)NCC(C)C)S(C)(=O)=O. The lowest BCUT2D eigenvalue weighted by Gasteiger charge is -2.30. The van der Waals surface area contributed by atoms with Gasteiger partial charge in [0.05, 0.1) is 11.9 Å².